The van der Waals surface area contributed by atoms with E-state index in [1.54, 1.807) is 12.3 Å². The molecule has 0 saturated carbocycles. The molecule has 10 heteroatoms. The molecule has 2 aromatic rings. The first kappa shape index (κ1) is 12.5. The van der Waals surface area contributed by atoms with Crippen molar-refractivity contribution in [2.75, 3.05) is 4.72 Å². The van der Waals surface area contributed by atoms with E-state index in [9.17, 15) is 8.42 Å². The maximum Gasteiger partial charge on any atom is 0.280 e. The molecule has 0 aromatic carbocycles. The molecule has 0 radical (unpaired) electrons. The second-order valence-corrected chi connectivity index (χ2v) is 5.75. The molecule has 2 aromatic heterocycles. The number of nitrogens with one attached hydrogen (secondary N) is 2. The minimum Gasteiger partial charge on any atom is -0.411 e. The highest BCUT2D eigenvalue weighted by Crippen LogP contribution is 2.19. The molecular formula is C8H9N5O3S2. The summed E-state index contributed by atoms with van der Waals surface area (Å²) in [5, 5.41) is 13.3. The van der Waals surface area contributed by atoms with E-state index in [1.807, 2.05) is 0 Å². The Balaban J connectivity index is 2.23. The van der Waals surface area contributed by atoms with Crippen LogP contribution in [-0.4, -0.2) is 34.3 Å². The summed E-state index contributed by atoms with van der Waals surface area (Å²) >= 11 is 1.09. The first-order valence-corrected chi connectivity index (χ1v) is 7.05. The molecule has 0 aliphatic heterocycles. The van der Waals surface area contributed by atoms with Gasteiger partial charge in [0.25, 0.3) is 10.0 Å². The molecule has 0 unspecified atom stereocenters. The van der Waals surface area contributed by atoms with Crippen LogP contribution in [0, 0.1) is 0 Å². The molecule has 2 heterocycles. The van der Waals surface area contributed by atoms with Crippen LogP contribution >= 0.6 is 11.3 Å². The van der Waals surface area contributed by atoms with E-state index < -0.39 is 10.0 Å². The van der Waals surface area contributed by atoms with Gasteiger partial charge in [-0.3, -0.25) is 4.72 Å². The number of nitrogens with zero attached hydrogens (tertiary/aromatic N) is 3. The van der Waals surface area contributed by atoms with Crippen molar-refractivity contribution in [1.82, 2.24) is 15.0 Å². The molecule has 0 bridgehead atoms. The third-order valence-electron chi connectivity index (χ3n) is 2.01. The normalized spacial score (nSPS) is 12.6. The smallest absolute Gasteiger partial charge is 0.280 e. The van der Waals surface area contributed by atoms with Crippen LogP contribution in [0.5, 0.6) is 0 Å². The number of sulfonamides is 1. The lowest BCUT2D eigenvalue weighted by atomic mass is 10.3. The molecular weight excluding hydrogens is 278 g/mol. The fourth-order valence-electron chi connectivity index (χ4n) is 1.10. The lowest BCUT2D eigenvalue weighted by molar-refractivity contribution is 0.319. The standard InChI is InChI=1S/C8H9N5O3S2/c1-5(12-14)6-3-17-8(11-6)13-18(15,16)7-2-9-4-10-7/h2-4,14H,1H3,(H,9,10)(H,11,13). The Morgan fingerprint density at radius 1 is 1.61 bits per heavy atom. The van der Waals surface area contributed by atoms with Gasteiger partial charge in [-0.1, -0.05) is 5.16 Å². The van der Waals surface area contributed by atoms with E-state index >= 15 is 0 Å². The second kappa shape index (κ2) is 4.74. The van der Waals surface area contributed by atoms with Crippen molar-refractivity contribution >= 4 is 32.2 Å². The Kier molecular flexibility index (Phi) is 3.30. The molecule has 0 spiro atoms. The van der Waals surface area contributed by atoms with Gasteiger partial charge in [0.05, 0.1) is 12.5 Å². The lowest BCUT2D eigenvalue weighted by Gasteiger charge is -2.01. The van der Waals surface area contributed by atoms with Crippen molar-refractivity contribution in [3.05, 3.63) is 23.6 Å². The van der Waals surface area contributed by atoms with Crippen LogP contribution in [0.3, 0.4) is 0 Å². The minimum atomic E-state index is -3.71. The Hall–Kier alpha value is -1.94. The average Bonchev–Trinajstić information content (AvgIpc) is 2.97. The van der Waals surface area contributed by atoms with Crippen LogP contribution in [0.1, 0.15) is 12.6 Å². The largest absolute Gasteiger partial charge is 0.411 e. The zero-order valence-electron chi connectivity index (χ0n) is 9.15. The molecule has 0 amide bonds. The van der Waals surface area contributed by atoms with Gasteiger partial charge in [-0.05, 0) is 6.92 Å². The van der Waals surface area contributed by atoms with E-state index in [1.165, 1.54) is 12.5 Å². The molecule has 3 N–H and O–H groups in total. The van der Waals surface area contributed by atoms with Crippen molar-refractivity contribution in [2.45, 2.75) is 11.9 Å². The van der Waals surface area contributed by atoms with Crippen LogP contribution in [-0.2, 0) is 10.0 Å². The summed E-state index contributed by atoms with van der Waals surface area (Å²) in [5.41, 5.74) is 0.711. The van der Waals surface area contributed by atoms with Crippen LogP contribution in [0.2, 0.25) is 0 Å². The highest BCUT2D eigenvalue weighted by Gasteiger charge is 2.17. The summed E-state index contributed by atoms with van der Waals surface area (Å²) in [5.74, 6) is 0. The van der Waals surface area contributed by atoms with Gasteiger partial charge < -0.3 is 10.2 Å². The Morgan fingerprint density at radius 3 is 3.00 bits per heavy atom. The number of aromatic nitrogens is 3. The first-order chi connectivity index (χ1) is 8.53. The van der Waals surface area contributed by atoms with E-state index in [-0.39, 0.29) is 10.2 Å². The minimum absolute atomic E-state index is 0.0493. The molecule has 0 saturated heterocycles. The van der Waals surface area contributed by atoms with Gasteiger partial charge in [0.1, 0.15) is 11.4 Å². The van der Waals surface area contributed by atoms with Gasteiger partial charge in [0.15, 0.2) is 10.2 Å². The van der Waals surface area contributed by atoms with Crippen molar-refractivity contribution < 1.29 is 13.6 Å². The zero-order valence-corrected chi connectivity index (χ0v) is 10.8. The molecule has 8 nitrogen and oxygen atoms in total. The van der Waals surface area contributed by atoms with Crippen molar-refractivity contribution in [3.63, 3.8) is 0 Å². The van der Waals surface area contributed by atoms with Gasteiger partial charge in [-0.15, -0.1) is 11.3 Å². The summed E-state index contributed by atoms with van der Waals surface area (Å²) in [6, 6.07) is 0. The molecule has 96 valence electrons. The number of anilines is 1. The van der Waals surface area contributed by atoms with Gasteiger partial charge in [-0.2, -0.15) is 8.42 Å². The Bertz CT molecular complexity index is 659. The number of oxime groups is 1. The first-order valence-electron chi connectivity index (χ1n) is 4.68. The third kappa shape index (κ3) is 2.49. The average molecular weight is 287 g/mol. The SMILES string of the molecule is CC(=NO)c1csc(NS(=O)(=O)c2cnc[nH]2)n1. The molecule has 2 rings (SSSR count). The number of H-pyrrole nitrogens is 1. The molecule has 18 heavy (non-hydrogen) atoms. The summed E-state index contributed by atoms with van der Waals surface area (Å²) < 4.78 is 25.9. The maximum absolute atomic E-state index is 11.8. The zero-order chi connectivity index (χ0) is 13.2. The van der Waals surface area contributed by atoms with Gasteiger partial charge in [0.2, 0.25) is 0 Å². The highest BCUT2D eigenvalue weighted by atomic mass is 32.2. The fraction of sp³-hybridized carbons (Fsp3) is 0.125. The second-order valence-electron chi connectivity index (χ2n) is 3.24. The number of rotatable bonds is 4. The molecule has 0 fully saturated rings. The fourth-order valence-corrected chi connectivity index (χ4v) is 3.01. The Labute approximate surface area is 106 Å². The predicted octanol–water partition coefficient (Wildman–Crippen LogP) is 0.865. The maximum atomic E-state index is 11.8. The van der Waals surface area contributed by atoms with Crippen molar-refractivity contribution in [3.8, 4) is 0 Å². The van der Waals surface area contributed by atoms with Crippen LogP contribution < -0.4 is 4.72 Å². The number of aromatic amines is 1. The monoisotopic (exact) mass is 287 g/mol. The molecule has 0 aliphatic rings. The number of hydrogen-bond acceptors (Lipinski definition) is 7. The highest BCUT2D eigenvalue weighted by molar-refractivity contribution is 7.92. The van der Waals surface area contributed by atoms with Gasteiger partial charge in [0, 0.05) is 5.38 Å². The lowest BCUT2D eigenvalue weighted by Crippen LogP contribution is -2.13. The number of imidazole rings is 1. The summed E-state index contributed by atoms with van der Waals surface area (Å²) in [6.45, 7) is 1.56. The van der Waals surface area contributed by atoms with E-state index in [2.05, 4.69) is 24.8 Å². The predicted molar refractivity (Wildman–Crippen MR) is 65.5 cm³/mol. The molecule has 0 atom stereocenters. The number of hydrogen-bond donors (Lipinski definition) is 3. The van der Waals surface area contributed by atoms with E-state index in [0.717, 1.165) is 11.3 Å². The third-order valence-corrected chi connectivity index (χ3v) is 4.16. The van der Waals surface area contributed by atoms with Crippen LogP contribution in [0.25, 0.3) is 0 Å². The summed E-state index contributed by atoms with van der Waals surface area (Å²) in [7, 11) is -3.71. The van der Waals surface area contributed by atoms with Gasteiger partial charge >= 0.3 is 0 Å². The topological polar surface area (TPSA) is 120 Å². The van der Waals surface area contributed by atoms with Crippen molar-refractivity contribution in [1.29, 1.82) is 0 Å². The summed E-state index contributed by atoms with van der Waals surface area (Å²) in [4.78, 5) is 10.1. The van der Waals surface area contributed by atoms with Crippen LogP contribution in [0.15, 0.2) is 28.1 Å². The van der Waals surface area contributed by atoms with E-state index in [0.29, 0.717) is 11.4 Å². The van der Waals surface area contributed by atoms with Crippen molar-refractivity contribution in [2.24, 2.45) is 5.16 Å². The Morgan fingerprint density at radius 2 is 2.39 bits per heavy atom. The quantitative estimate of drug-likeness (QED) is 0.437. The van der Waals surface area contributed by atoms with E-state index in [4.69, 9.17) is 5.21 Å². The summed E-state index contributed by atoms with van der Waals surface area (Å²) in [6.07, 6.45) is 2.46. The van der Waals surface area contributed by atoms with Crippen LogP contribution in [0.4, 0.5) is 5.13 Å². The van der Waals surface area contributed by atoms with Gasteiger partial charge in [-0.25, -0.2) is 9.97 Å². The molecule has 0 aliphatic carbocycles. The number of thiazole rings is 1.